The van der Waals surface area contributed by atoms with E-state index >= 15 is 0 Å². The van der Waals surface area contributed by atoms with E-state index in [0.717, 1.165) is 21.8 Å². The Labute approximate surface area is 161 Å². The number of fused-ring (bicyclic) bond motifs is 1. The molecule has 1 aliphatic heterocycles. The van der Waals surface area contributed by atoms with E-state index in [1.807, 2.05) is 0 Å². The predicted octanol–water partition coefficient (Wildman–Crippen LogP) is 4.36. The molecule has 3 rings (SSSR count). The molecule has 0 saturated heterocycles. The van der Waals surface area contributed by atoms with Gasteiger partial charge in [0.05, 0.1) is 29.1 Å². The number of methoxy groups -OCH3 is 1. The topological polar surface area (TPSA) is 82.4 Å². The summed E-state index contributed by atoms with van der Waals surface area (Å²) < 4.78 is 5.44. The highest BCUT2D eigenvalue weighted by Crippen LogP contribution is 2.38. The molecule has 1 aliphatic rings. The van der Waals surface area contributed by atoms with Crippen molar-refractivity contribution in [2.45, 2.75) is 13.0 Å². The average Bonchev–Trinajstić information content (AvgIpc) is 3.11. The van der Waals surface area contributed by atoms with E-state index in [2.05, 4.69) is 11.4 Å². The molecule has 3 heterocycles. The van der Waals surface area contributed by atoms with Gasteiger partial charge in [0.15, 0.2) is 0 Å². The molecule has 1 N–H and O–H groups in total. The van der Waals surface area contributed by atoms with Gasteiger partial charge in [-0.3, -0.25) is 4.79 Å². The van der Waals surface area contributed by atoms with Gasteiger partial charge in [0.1, 0.15) is 15.4 Å². The van der Waals surface area contributed by atoms with E-state index < -0.39 is 12.0 Å². The molecule has 0 saturated carbocycles. The van der Waals surface area contributed by atoms with Crippen LogP contribution in [0.4, 0.5) is 9.80 Å². The SMILES string of the molecule is COC(=O)N1CCc2c(sc(NC(=O)c3cc(Cl)sc3Cl)c2C#N)C1. The van der Waals surface area contributed by atoms with E-state index in [4.69, 9.17) is 27.9 Å². The molecule has 130 valence electrons. The van der Waals surface area contributed by atoms with Crippen LogP contribution in [0.2, 0.25) is 8.67 Å². The highest BCUT2D eigenvalue weighted by atomic mass is 35.5. The van der Waals surface area contributed by atoms with Crippen LogP contribution in [-0.4, -0.2) is 30.6 Å². The summed E-state index contributed by atoms with van der Waals surface area (Å²) in [6.07, 6.45) is 0.118. The van der Waals surface area contributed by atoms with Crippen molar-refractivity contribution >= 4 is 62.9 Å². The van der Waals surface area contributed by atoms with Gasteiger partial charge in [0, 0.05) is 11.4 Å². The molecule has 25 heavy (non-hydrogen) atoms. The third-order valence-electron chi connectivity index (χ3n) is 3.73. The van der Waals surface area contributed by atoms with Crippen molar-refractivity contribution in [3.05, 3.63) is 36.3 Å². The van der Waals surface area contributed by atoms with E-state index in [-0.39, 0.29) is 5.56 Å². The zero-order valence-electron chi connectivity index (χ0n) is 12.9. The molecule has 0 unspecified atom stereocenters. The maximum atomic E-state index is 12.4. The first-order valence-electron chi connectivity index (χ1n) is 7.08. The van der Waals surface area contributed by atoms with Crippen molar-refractivity contribution in [1.29, 1.82) is 5.26 Å². The van der Waals surface area contributed by atoms with Gasteiger partial charge in [-0.25, -0.2) is 4.79 Å². The molecule has 2 amide bonds. The van der Waals surface area contributed by atoms with Crippen molar-refractivity contribution in [1.82, 2.24) is 4.90 Å². The van der Waals surface area contributed by atoms with E-state index in [1.54, 1.807) is 4.90 Å². The van der Waals surface area contributed by atoms with Gasteiger partial charge in [-0.2, -0.15) is 5.26 Å². The summed E-state index contributed by atoms with van der Waals surface area (Å²) in [5.74, 6) is -0.423. The lowest BCUT2D eigenvalue weighted by molar-refractivity contribution is 0.102. The molecule has 0 aromatic carbocycles. The Hall–Kier alpha value is -1.79. The van der Waals surface area contributed by atoms with Crippen molar-refractivity contribution < 1.29 is 14.3 Å². The van der Waals surface area contributed by atoms with E-state index in [9.17, 15) is 14.9 Å². The first-order valence-corrected chi connectivity index (χ1v) is 9.47. The Kier molecular flexibility index (Phi) is 5.20. The number of nitrogens with zero attached hydrogens (tertiary/aromatic N) is 2. The predicted molar refractivity (Wildman–Crippen MR) is 97.8 cm³/mol. The minimum atomic E-state index is -0.423. The standard InChI is InChI=1S/C15H11Cl2N3O3S2/c1-23-15(22)20-3-2-7-9(5-18)14(24-10(7)6-20)19-13(21)8-4-11(16)25-12(8)17/h4H,2-3,6H2,1H3,(H,19,21). The lowest BCUT2D eigenvalue weighted by atomic mass is 10.0. The highest BCUT2D eigenvalue weighted by Gasteiger charge is 2.28. The molecule has 0 spiro atoms. The van der Waals surface area contributed by atoms with Crippen LogP contribution in [-0.2, 0) is 17.7 Å². The molecule has 2 aromatic heterocycles. The van der Waals surface area contributed by atoms with Crippen LogP contribution >= 0.6 is 45.9 Å². The minimum absolute atomic E-state index is 0.267. The number of nitrogens with one attached hydrogen (secondary N) is 1. The number of ether oxygens (including phenoxy) is 1. The first-order chi connectivity index (χ1) is 11.9. The van der Waals surface area contributed by atoms with Crippen LogP contribution in [0.5, 0.6) is 0 Å². The number of carbonyl (C=O) groups is 2. The van der Waals surface area contributed by atoms with Crippen LogP contribution in [0.3, 0.4) is 0 Å². The molecule has 0 radical (unpaired) electrons. The molecule has 0 atom stereocenters. The smallest absolute Gasteiger partial charge is 0.409 e. The maximum Gasteiger partial charge on any atom is 0.409 e. The number of nitriles is 1. The van der Waals surface area contributed by atoms with Gasteiger partial charge in [-0.05, 0) is 18.1 Å². The van der Waals surface area contributed by atoms with Gasteiger partial charge < -0.3 is 15.0 Å². The number of anilines is 1. The van der Waals surface area contributed by atoms with Crippen LogP contribution < -0.4 is 5.32 Å². The van der Waals surface area contributed by atoms with Crippen molar-refractivity contribution in [3.8, 4) is 6.07 Å². The van der Waals surface area contributed by atoms with Crippen molar-refractivity contribution in [3.63, 3.8) is 0 Å². The number of rotatable bonds is 2. The van der Waals surface area contributed by atoms with E-state index in [0.29, 0.717) is 38.7 Å². The first kappa shape index (κ1) is 18.0. The highest BCUT2D eigenvalue weighted by molar-refractivity contribution is 7.20. The number of hydrogen-bond donors (Lipinski definition) is 1. The molecular weight excluding hydrogens is 405 g/mol. The lowest BCUT2D eigenvalue weighted by Crippen LogP contribution is -2.35. The summed E-state index contributed by atoms with van der Waals surface area (Å²) in [6.45, 7) is 0.812. The van der Waals surface area contributed by atoms with Crippen molar-refractivity contribution in [2.24, 2.45) is 0 Å². The lowest BCUT2D eigenvalue weighted by Gasteiger charge is -2.25. The summed E-state index contributed by atoms with van der Waals surface area (Å²) in [7, 11) is 1.33. The average molecular weight is 416 g/mol. The zero-order valence-corrected chi connectivity index (χ0v) is 16.0. The van der Waals surface area contributed by atoms with Gasteiger partial charge in [-0.1, -0.05) is 23.2 Å². The van der Waals surface area contributed by atoms with Crippen LogP contribution in [0.15, 0.2) is 6.07 Å². The second-order valence-corrected chi connectivity index (χ2v) is 8.54. The van der Waals surface area contributed by atoms with Gasteiger partial charge in [-0.15, -0.1) is 22.7 Å². The fourth-order valence-electron chi connectivity index (χ4n) is 2.56. The molecule has 6 nitrogen and oxygen atoms in total. The minimum Gasteiger partial charge on any atom is -0.453 e. The van der Waals surface area contributed by atoms with Crippen LogP contribution in [0.25, 0.3) is 0 Å². The van der Waals surface area contributed by atoms with Gasteiger partial charge in [0.2, 0.25) is 0 Å². The Bertz CT molecular complexity index is 901. The zero-order chi connectivity index (χ0) is 18.1. The van der Waals surface area contributed by atoms with Gasteiger partial charge in [0.25, 0.3) is 5.91 Å². The largest absolute Gasteiger partial charge is 0.453 e. The Balaban J connectivity index is 1.87. The third kappa shape index (κ3) is 3.46. The normalized spacial score (nSPS) is 13.1. The van der Waals surface area contributed by atoms with Gasteiger partial charge >= 0.3 is 6.09 Å². The Morgan fingerprint density at radius 1 is 1.40 bits per heavy atom. The molecular formula is C15H11Cl2N3O3S2. The summed E-state index contributed by atoms with van der Waals surface area (Å²) >= 11 is 14.3. The summed E-state index contributed by atoms with van der Waals surface area (Å²) in [6, 6.07) is 3.63. The molecule has 2 aromatic rings. The summed E-state index contributed by atoms with van der Waals surface area (Å²) in [5.41, 5.74) is 1.55. The van der Waals surface area contributed by atoms with Crippen LogP contribution in [0, 0.1) is 11.3 Å². The van der Waals surface area contributed by atoms with Crippen LogP contribution in [0.1, 0.15) is 26.4 Å². The fraction of sp³-hybridized carbons (Fsp3) is 0.267. The summed E-state index contributed by atoms with van der Waals surface area (Å²) in [5, 5.41) is 12.7. The second kappa shape index (κ2) is 7.22. The number of halogens is 2. The quantitative estimate of drug-likeness (QED) is 0.789. The maximum absolute atomic E-state index is 12.4. The molecule has 0 aliphatic carbocycles. The number of amides is 2. The third-order valence-corrected chi connectivity index (χ3v) is 6.35. The Morgan fingerprint density at radius 3 is 2.76 bits per heavy atom. The molecule has 0 fully saturated rings. The van der Waals surface area contributed by atoms with E-state index in [1.165, 1.54) is 24.5 Å². The monoisotopic (exact) mass is 415 g/mol. The number of carbonyl (C=O) groups excluding carboxylic acids is 2. The van der Waals surface area contributed by atoms with Crippen molar-refractivity contribution in [2.75, 3.05) is 19.0 Å². The molecule has 10 heteroatoms. The Morgan fingerprint density at radius 2 is 2.16 bits per heavy atom. The molecule has 0 bridgehead atoms. The number of thiophene rings is 2. The second-order valence-electron chi connectivity index (χ2n) is 5.15. The number of hydrogen-bond acceptors (Lipinski definition) is 6. The fourth-order valence-corrected chi connectivity index (χ4v) is 5.23. The summed E-state index contributed by atoms with van der Waals surface area (Å²) in [4.78, 5) is 26.5.